The maximum Gasteiger partial charge on any atom is 0.227 e. The number of amides is 2. The number of halogens is 1. The molecule has 1 saturated heterocycles. The van der Waals surface area contributed by atoms with Crippen molar-refractivity contribution in [2.24, 2.45) is 5.92 Å². The smallest absolute Gasteiger partial charge is 0.227 e. The highest BCUT2D eigenvalue weighted by atomic mass is 35.5. The van der Waals surface area contributed by atoms with E-state index in [1.54, 1.807) is 11.0 Å². The molecule has 124 valence electrons. The maximum absolute atomic E-state index is 12.4. The minimum atomic E-state index is -0.322. The molecule has 1 atom stereocenters. The second kappa shape index (κ2) is 7.05. The third-order valence-corrected chi connectivity index (χ3v) is 4.40. The average molecular weight is 343 g/mol. The van der Waals surface area contributed by atoms with Gasteiger partial charge in [-0.2, -0.15) is 0 Å². The third kappa shape index (κ3) is 3.77. The molecular formula is C19H19ClN2O2. The Morgan fingerprint density at radius 2 is 2.04 bits per heavy atom. The molecule has 1 fully saturated rings. The first-order chi connectivity index (χ1) is 11.5. The number of carbonyl (C=O) groups is 2. The van der Waals surface area contributed by atoms with Gasteiger partial charge in [-0.15, -0.1) is 0 Å². The van der Waals surface area contributed by atoms with Crippen LogP contribution in [0.2, 0.25) is 5.02 Å². The Labute approximate surface area is 146 Å². The summed E-state index contributed by atoms with van der Waals surface area (Å²) in [5.74, 6) is -0.431. The number of aryl methyl sites for hydroxylation is 1. The van der Waals surface area contributed by atoms with Gasteiger partial charge in [-0.05, 0) is 42.3 Å². The van der Waals surface area contributed by atoms with Crippen molar-refractivity contribution in [1.29, 1.82) is 0 Å². The number of nitrogens with zero attached hydrogens (tertiary/aromatic N) is 1. The van der Waals surface area contributed by atoms with Crippen LogP contribution in [0.1, 0.15) is 17.5 Å². The minimum Gasteiger partial charge on any atom is -0.352 e. The summed E-state index contributed by atoms with van der Waals surface area (Å²) in [5.41, 5.74) is 2.88. The average Bonchev–Trinajstić information content (AvgIpc) is 2.95. The molecule has 1 aliphatic heterocycles. The molecule has 0 unspecified atom stereocenters. The number of benzene rings is 2. The molecular weight excluding hydrogens is 324 g/mol. The number of anilines is 1. The van der Waals surface area contributed by atoms with E-state index in [1.165, 1.54) is 0 Å². The van der Waals surface area contributed by atoms with Crippen molar-refractivity contribution in [3.8, 4) is 0 Å². The van der Waals surface area contributed by atoms with E-state index in [0.29, 0.717) is 18.1 Å². The van der Waals surface area contributed by atoms with Crippen LogP contribution in [0, 0.1) is 12.8 Å². The normalized spacial score (nSPS) is 17.2. The Bertz CT molecular complexity index is 775. The first kappa shape index (κ1) is 16.5. The van der Waals surface area contributed by atoms with Crippen LogP contribution in [0.25, 0.3) is 0 Å². The molecule has 5 heteroatoms. The molecule has 2 aromatic rings. The number of hydrogen-bond acceptors (Lipinski definition) is 2. The standard InChI is InChI=1S/C19H19ClN2O2/c1-13-4-2-7-17(8-13)22-12-15(10-18(22)23)19(24)21-11-14-5-3-6-16(20)9-14/h2-9,15H,10-12H2,1H3,(H,21,24)/t15-/m1/s1. The number of hydrogen-bond donors (Lipinski definition) is 1. The largest absolute Gasteiger partial charge is 0.352 e. The van der Waals surface area contributed by atoms with Crippen molar-refractivity contribution >= 4 is 29.1 Å². The molecule has 0 bridgehead atoms. The van der Waals surface area contributed by atoms with Gasteiger partial charge in [-0.25, -0.2) is 0 Å². The van der Waals surface area contributed by atoms with Crippen molar-refractivity contribution in [3.63, 3.8) is 0 Å². The molecule has 1 heterocycles. The van der Waals surface area contributed by atoms with Gasteiger partial charge in [0.25, 0.3) is 0 Å². The van der Waals surface area contributed by atoms with Crippen LogP contribution in [0.15, 0.2) is 48.5 Å². The van der Waals surface area contributed by atoms with Crippen LogP contribution in [-0.2, 0) is 16.1 Å². The molecule has 0 saturated carbocycles. The van der Waals surface area contributed by atoms with Gasteiger partial charge in [0, 0.05) is 30.2 Å². The highest BCUT2D eigenvalue weighted by molar-refractivity contribution is 6.30. The summed E-state index contributed by atoms with van der Waals surface area (Å²) in [6.45, 7) is 2.82. The van der Waals surface area contributed by atoms with E-state index in [1.807, 2.05) is 49.4 Å². The van der Waals surface area contributed by atoms with E-state index in [2.05, 4.69) is 5.32 Å². The van der Waals surface area contributed by atoms with Gasteiger partial charge in [0.2, 0.25) is 11.8 Å². The molecule has 4 nitrogen and oxygen atoms in total. The van der Waals surface area contributed by atoms with Crippen molar-refractivity contribution in [2.45, 2.75) is 19.9 Å². The summed E-state index contributed by atoms with van der Waals surface area (Å²) in [7, 11) is 0. The highest BCUT2D eigenvalue weighted by Gasteiger charge is 2.34. The van der Waals surface area contributed by atoms with Gasteiger partial charge in [0.05, 0.1) is 5.92 Å². The lowest BCUT2D eigenvalue weighted by Crippen LogP contribution is -2.32. The lowest BCUT2D eigenvalue weighted by atomic mass is 10.1. The van der Waals surface area contributed by atoms with Gasteiger partial charge in [-0.3, -0.25) is 9.59 Å². The number of nitrogens with one attached hydrogen (secondary N) is 1. The fraction of sp³-hybridized carbons (Fsp3) is 0.263. The maximum atomic E-state index is 12.4. The molecule has 0 aromatic heterocycles. The second-order valence-electron chi connectivity index (χ2n) is 6.09. The number of carbonyl (C=O) groups excluding carboxylic acids is 2. The summed E-state index contributed by atoms with van der Waals surface area (Å²) in [6, 6.07) is 15.1. The fourth-order valence-electron chi connectivity index (χ4n) is 2.91. The van der Waals surface area contributed by atoms with Crippen LogP contribution >= 0.6 is 11.6 Å². The lowest BCUT2D eigenvalue weighted by Gasteiger charge is -2.17. The summed E-state index contributed by atoms with van der Waals surface area (Å²) in [6.07, 6.45) is 0.245. The zero-order valence-electron chi connectivity index (χ0n) is 13.5. The number of rotatable bonds is 4. The molecule has 0 spiro atoms. The fourth-order valence-corrected chi connectivity index (χ4v) is 3.12. The predicted molar refractivity (Wildman–Crippen MR) is 94.9 cm³/mol. The third-order valence-electron chi connectivity index (χ3n) is 4.16. The Morgan fingerprint density at radius 1 is 1.25 bits per heavy atom. The van der Waals surface area contributed by atoms with Crippen LogP contribution in [0.5, 0.6) is 0 Å². The minimum absolute atomic E-state index is 0.0106. The Morgan fingerprint density at radius 3 is 2.79 bits per heavy atom. The van der Waals surface area contributed by atoms with Crippen LogP contribution in [-0.4, -0.2) is 18.4 Å². The van der Waals surface area contributed by atoms with Crippen LogP contribution < -0.4 is 10.2 Å². The van der Waals surface area contributed by atoms with Gasteiger partial charge < -0.3 is 10.2 Å². The molecule has 1 aliphatic rings. The molecule has 2 aromatic carbocycles. The monoisotopic (exact) mass is 342 g/mol. The Kier molecular flexibility index (Phi) is 4.86. The Hall–Kier alpha value is -2.33. The zero-order chi connectivity index (χ0) is 17.1. The van der Waals surface area contributed by atoms with E-state index in [0.717, 1.165) is 16.8 Å². The predicted octanol–water partition coefficient (Wildman–Crippen LogP) is 3.32. The molecule has 1 N–H and O–H groups in total. The van der Waals surface area contributed by atoms with E-state index in [9.17, 15) is 9.59 Å². The van der Waals surface area contributed by atoms with Gasteiger partial charge in [0.15, 0.2) is 0 Å². The lowest BCUT2D eigenvalue weighted by molar-refractivity contribution is -0.126. The van der Waals surface area contributed by atoms with Gasteiger partial charge in [-0.1, -0.05) is 35.9 Å². The van der Waals surface area contributed by atoms with Gasteiger partial charge in [0.1, 0.15) is 0 Å². The molecule has 24 heavy (non-hydrogen) atoms. The first-order valence-electron chi connectivity index (χ1n) is 7.92. The van der Waals surface area contributed by atoms with E-state index in [-0.39, 0.29) is 24.2 Å². The molecule has 2 amide bonds. The topological polar surface area (TPSA) is 49.4 Å². The summed E-state index contributed by atoms with van der Waals surface area (Å²) >= 11 is 5.94. The van der Waals surface area contributed by atoms with Crippen LogP contribution in [0.3, 0.4) is 0 Å². The molecule has 0 aliphatic carbocycles. The zero-order valence-corrected chi connectivity index (χ0v) is 14.2. The summed E-state index contributed by atoms with van der Waals surface area (Å²) in [5, 5.41) is 3.54. The SMILES string of the molecule is Cc1cccc(N2C[C@H](C(=O)NCc3cccc(Cl)c3)CC2=O)c1. The summed E-state index contributed by atoms with van der Waals surface area (Å²) in [4.78, 5) is 26.3. The van der Waals surface area contributed by atoms with Crippen molar-refractivity contribution < 1.29 is 9.59 Å². The van der Waals surface area contributed by atoms with E-state index >= 15 is 0 Å². The highest BCUT2D eigenvalue weighted by Crippen LogP contribution is 2.26. The van der Waals surface area contributed by atoms with Crippen molar-refractivity contribution in [3.05, 3.63) is 64.7 Å². The van der Waals surface area contributed by atoms with E-state index < -0.39 is 0 Å². The van der Waals surface area contributed by atoms with E-state index in [4.69, 9.17) is 11.6 Å². The van der Waals surface area contributed by atoms with Gasteiger partial charge >= 0.3 is 0 Å². The van der Waals surface area contributed by atoms with Crippen LogP contribution in [0.4, 0.5) is 5.69 Å². The Balaban J connectivity index is 1.61. The second-order valence-corrected chi connectivity index (χ2v) is 6.53. The molecule has 0 radical (unpaired) electrons. The van der Waals surface area contributed by atoms with Crippen molar-refractivity contribution in [1.82, 2.24) is 5.32 Å². The quantitative estimate of drug-likeness (QED) is 0.926. The summed E-state index contributed by atoms with van der Waals surface area (Å²) < 4.78 is 0. The molecule has 3 rings (SSSR count). The van der Waals surface area contributed by atoms with Crippen molar-refractivity contribution in [2.75, 3.05) is 11.4 Å². The first-order valence-corrected chi connectivity index (χ1v) is 8.30.